The molecule has 1 heterocycles. The van der Waals surface area contributed by atoms with E-state index in [1.54, 1.807) is 7.11 Å². The third kappa shape index (κ3) is 4.16. The molecule has 0 amide bonds. The van der Waals surface area contributed by atoms with Crippen LogP contribution in [-0.2, 0) is 0 Å². The standard InChI is InChI=1S/C18H22BClN2O2/c1-23-15-5-7-16(8-6-15)24-18-11-13(20)4-9-17(18)21-12-14-3-2-10-22(14)19/h4-9,11,14,21H,2-3,10,12,19H2,1H3/t14-/m0/s1. The maximum Gasteiger partial charge on any atom is 0.185 e. The highest BCUT2D eigenvalue weighted by Gasteiger charge is 2.20. The molecular formula is C18H22BClN2O2. The SMILES string of the molecule is BN1CCC[C@H]1CNc1ccc(Cl)cc1Oc1ccc(OC)cc1. The first kappa shape index (κ1) is 17.0. The Morgan fingerprint density at radius 3 is 2.62 bits per heavy atom. The van der Waals surface area contributed by atoms with Crippen molar-refractivity contribution in [3.8, 4) is 17.2 Å². The van der Waals surface area contributed by atoms with Gasteiger partial charge in [0.1, 0.15) is 11.5 Å². The molecule has 1 saturated heterocycles. The van der Waals surface area contributed by atoms with Crippen LogP contribution in [0.4, 0.5) is 5.69 Å². The van der Waals surface area contributed by atoms with Crippen molar-refractivity contribution in [2.45, 2.75) is 18.9 Å². The summed E-state index contributed by atoms with van der Waals surface area (Å²) >= 11 is 6.15. The van der Waals surface area contributed by atoms with Gasteiger partial charge in [-0.15, -0.1) is 0 Å². The number of benzene rings is 2. The number of nitrogens with zero attached hydrogens (tertiary/aromatic N) is 1. The highest BCUT2D eigenvalue weighted by atomic mass is 35.5. The lowest BCUT2D eigenvalue weighted by molar-refractivity contribution is 0.413. The van der Waals surface area contributed by atoms with Crippen molar-refractivity contribution in [3.63, 3.8) is 0 Å². The molecule has 1 N–H and O–H groups in total. The lowest BCUT2D eigenvalue weighted by atomic mass is 10.1. The maximum atomic E-state index is 6.15. The summed E-state index contributed by atoms with van der Waals surface area (Å²) in [4.78, 5) is 2.40. The van der Waals surface area contributed by atoms with Gasteiger partial charge in [0, 0.05) is 23.7 Å². The lowest BCUT2D eigenvalue weighted by Crippen LogP contribution is -2.32. The molecule has 3 rings (SSSR count). The van der Waals surface area contributed by atoms with Gasteiger partial charge < -0.3 is 19.6 Å². The van der Waals surface area contributed by atoms with Gasteiger partial charge in [-0.05, 0) is 55.8 Å². The molecular weight excluding hydrogens is 322 g/mol. The van der Waals surface area contributed by atoms with E-state index in [4.69, 9.17) is 21.1 Å². The molecule has 6 heteroatoms. The van der Waals surface area contributed by atoms with Crippen LogP contribution in [0.15, 0.2) is 42.5 Å². The van der Waals surface area contributed by atoms with E-state index < -0.39 is 0 Å². The van der Waals surface area contributed by atoms with E-state index >= 15 is 0 Å². The first-order valence-electron chi connectivity index (χ1n) is 8.21. The number of ether oxygens (including phenoxy) is 2. The van der Waals surface area contributed by atoms with E-state index in [1.165, 1.54) is 19.4 Å². The maximum absolute atomic E-state index is 6.15. The van der Waals surface area contributed by atoms with Gasteiger partial charge in [-0.3, -0.25) is 0 Å². The number of methoxy groups -OCH3 is 1. The van der Waals surface area contributed by atoms with E-state index in [0.29, 0.717) is 11.1 Å². The molecule has 1 aliphatic rings. The average molecular weight is 345 g/mol. The van der Waals surface area contributed by atoms with Gasteiger partial charge in [-0.2, -0.15) is 0 Å². The van der Waals surface area contributed by atoms with Crippen molar-refractivity contribution >= 4 is 25.3 Å². The van der Waals surface area contributed by atoms with Crippen molar-refractivity contribution in [1.82, 2.24) is 4.81 Å². The minimum absolute atomic E-state index is 0.564. The molecule has 0 aromatic heterocycles. The molecule has 4 nitrogen and oxygen atoms in total. The molecule has 1 atom stereocenters. The second kappa shape index (κ2) is 7.82. The molecule has 0 radical (unpaired) electrons. The first-order chi connectivity index (χ1) is 11.7. The van der Waals surface area contributed by atoms with Crippen LogP contribution in [0.3, 0.4) is 0 Å². The Morgan fingerprint density at radius 1 is 1.21 bits per heavy atom. The fraction of sp³-hybridized carbons (Fsp3) is 0.333. The molecule has 1 aliphatic heterocycles. The zero-order valence-electron chi connectivity index (χ0n) is 14.1. The van der Waals surface area contributed by atoms with Gasteiger partial charge in [0.05, 0.1) is 12.8 Å². The summed E-state index contributed by atoms with van der Waals surface area (Å²) in [6, 6.07) is 13.8. The van der Waals surface area contributed by atoms with E-state index in [9.17, 15) is 0 Å². The van der Waals surface area contributed by atoms with Crippen LogP contribution < -0.4 is 14.8 Å². The van der Waals surface area contributed by atoms with Crippen molar-refractivity contribution < 1.29 is 9.47 Å². The molecule has 126 valence electrons. The summed E-state index contributed by atoms with van der Waals surface area (Å²) in [5, 5.41) is 4.16. The Labute approximate surface area is 149 Å². The topological polar surface area (TPSA) is 33.7 Å². The fourth-order valence-corrected chi connectivity index (χ4v) is 3.12. The minimum atomic E-state index is 0.564. The number of nitrogens with one attached hydrogen (secondary N) is 1. The van der Waals surface area contributed by atoms with Crippen molar-refractivity contribution in [2.24, 2.45) is 0 Å². The second-order valence-corrected chi connectivity index (χ2v) is 6.51. The smallest absolute Gasteiger partial charge is 0.185 e. The summed E-state index contributed by atoms with van der Waals surface area (Å²) in [6.07, 6.45) is 2.49. The van der Waals surface area contributed by atoms with Crippen LogP contribution in [0.2, 0.25) is 5.02 Å². The van der Waals surface area contributed by atoms with Crippen LogP contribution in [0.1, 0.15) is 12.8 Å². The minimum Gasteiger partial charge on any atom is -0.497 e. The summed E-state index contributed by atoms with van der Waals surface area (Å²) in [5.41, 5.74) is 0.954. The molecule has 2 aromatic carbocycles. The van der Waals surface area contributed by atoms with Gasteiger partial charge in [0.25, 0.3) is 0 Å². The summed E-state index contributed by atoms with van der Waals surface area (Å²) < 4.78 is 11.2. The number of anilines is 1. The molecule has 2 aromatic rings. The molecule has 1 fully saturated rings. The van der Waals surface area contributed by atoms with Gasteiger partial charge in [0.2, 0.25) is 0 Å². The predicted molar refractivity (Wildman–Crippen MR) is 101 cm³/mol. The van der Waals surface area contributed by atoms with E-state index in [-0.39, 0.29) is 0 Å². The van der Waals surface area contributed by atoms with Gasteiger partial charge in [-0.1, -0.05) is 11.6 Å². The van der Waals surface area contributed by atoms with Crippen LogP contribution in [0.25, 0.3) is 0 Å². The summed E-state index contributed by atoms with van der Waals surface area (Å²) in [7, 11) is 3.82. The lowest BCUT2D eigenvalue weighted by Gasteiger charge is -2.22. The van der Waals surface area contributed by atoms with Crippen molar-refractivity contribution in [2.75, 3.05) is 25.5 Å². The van der Waals surface area contributed by atoms with Crippen molar-refractivity contribution in [3.05, 3.63) is 47.5 Å². The Morgan fingerprint density at radius 2 is 1.96 bits per heavy atom. The van der Waals surface area contributed by atoms with E-state index in [0.717, 1.165) is 29.5 Å². The van der Waals surface area contributed by atoms with Crippen LogP contribution in [-0.4, -0.2) is 39.0 Å². The highest BCUT2D eigenvalue weighted by molar-refractivity contribution is 6.30. The van der Waals surface area contributed by atoms with E-state index in [1.807, 2.05) is 42.5 Å². The Kier molecular flexibility index (Phi) is 5.54. The molecule has 0 saturated carbocycles. The number of halogens is 1. The Hall–Kier alpha value is -1.85. The number of hydrogen-bond acceptors (Lipinski definition) is 4. The average Bonchev–Trinajstić information content (AvgIpc) is 3.00. The molecule has 0 spiro atoms. The molecule has 24 heavy (non-hydrogen) atoms. The monoisotopic (exact) mass is 344 g/mol. The highest BCUT2D eigenvalue weighted by Crippen LogP contribution is 2.33. The number of rotatable bonds is 6. The van der Waals surface area contributed by atoms with Gasteiger partial charge >= 0.3 is 0 Å². The Balaban J connectivity index is 1.72. The van der Waals surface area contributed by atoms with Crippen molar-refractivity contribution in [1.29, 1.82) is 0 Å². The van der Waals surface area contributed by atoms with Crippen LogP contribution in [0, 0.1) is 0 Å². The largest absolute Gasteiger partial charge is 0.497 e. The molecule has 0 bridgehead atoms. The second-order valence-electron chi connectivity index (χ2n) is 6.08. The van der Waals surface area contributed by atoms with Crippen LogP contribution in [0.5, 0.6) is 17.2 Å². The third-order valence-corrected chi connectivity index (χ3v) is 4.67. The summed E-state index contributed by atoms with van der Waals surface area (Å²) in [6.45, 7) is 2.07. The third-order valence-electron chi connectivity index (χ3n) is 4.43. The number of hydrogen-bond donors (Lipinski definition) is 1. The molecule has 0 aliphatic carbocycles. The quantitative estimate of drug-likeness (QED) is 0.812. The zero-order valence-corrected chi connectivity index (χ0v) is 14.8. The predicted octanol–water partition coefficient (Wildman–Crippen LogP) is 3.57. The van der Waals surface area contributed by atoms with E-state index in [2.05, 4.69) is 18.1 Å². The normalized spacial score (nSPS) is 17.7. The zero-order chi connectivity index (χ0) is 16.9. The first-order valence-corrected chi connectivity index (χ1v) is 8.59. The van der Waals surface area contributed by atoms with Gasteiger partial charge in [-0.25, -0.2) is 0 Å². The fourth-order valence-electron chi connectivity index (χ4n) is 2.96. The van der Waals surface area contributed by atoms with Crippen LogP contribution >= 0.6 is 11.6 Å². The molecule has 0 unspecified atom stereocenters. The Bertz CT molecular complexity index is 681. The summed E-state index contributed by atoms with van der Waals surface area (Å²) in [5.74, 6) is 2.28. The van der Waals surface area contributed by atoms with Gasteiger partial charge in [0.15, 0.2) is 13.7 Å².